The Balaban J connectivity index is 0.000000208. The van der Waals surface area contributed by atoms with Gasteiger partial charge in [-0.25, -0.2) is 26.8 Å². The quantitative estimate of drug-likeness (QED) is 0.101. The maximum atomic E-state index is 12.8. The number of rotatable bonds is 8. The average molecular weight is 987 g/mol. The molecule has 0 unspecified atom stereocenters. The number of halogens is 6. The topological polar surface area (TPSA) is 144 Å². The molecule has 0 aliphatic carbocycles. The van der Waals surface area contributed by atoms with E-state index in [4.69, 9.17) is 33.9 Å². The van der Waals surface area contributed by atoms with Crippen molar-refractivity contribution in [3.8, 4) is 0 Å². The van der Waals surface area contributed by atoms with Crippen LogP contribution in [0, 0.1) is 6.92 Å². The van der Waals surface area contributed by atoms with Crippen molar-refractivity contribution in [2.75, 3.05) is 51.2 Å². The molecule has 0 saturated carbocycles. The average Bonchev–Trinajstić information content (AvgIpc) is 3.93. The number of H-pyrrole nitrogens is 2. The highest BCUT2D eigenvalue weighted by atomic mass is 35.7. The first-order chi connectivity index (χ1) is 30.4. The fraction of sp³-hybridized carbons (Fsp3) is 0.422. The number of imidazole rings is 2. The molecule has 2 fully saturated rings. The summed E-state index contributed by atoms with van der Waals surface area (Å²) in [4.78, 5) is 18.3. The standard InChI is InChI=1S/C19H18F3N3O2S.C12H15N3.C7H7ClO2S.C6H15N.CH2Cl2/c20-19(21,22)14-5-7-15(8-6-14)28(26,27)25-11-9-13(10-12-25)18-23-16-3-1-2-4-17(16)24-18;1-2-4-11-10(3-1)14-12(15-11)9-5-7-13-8-6-9;1-6-2-4-7(5-3-6)11(8,9)10;1-4-7(5-2)6-3;2-1-3/h1-8,13H,9-12H2,(H,23,24);1-4,9,13H,5-8H2,(H,14,15);2-5H,1H3;4-6H2,1-3H3;1H2. The fourth-order valence-electron chi connectivity index (χ4n) is 7.13. The van der Waals surface area contributed by atoms with Crippen LogP contribution in [0.4, 0.5) is 13.2 Å². The van der Waals surface area contributed by atoms with Crippen LogP contribution in [0.3, 0.4) is 0 Å². The van der Waals surface area contributed by atoms with E-state index < -0.39 is 30.8 Å². The van der Waals surface area contributed by atoms with Gasteiger partial charge in [-0.15, -0.1) is 23.2 Å². The van der Waals surface area contributed by atoms with Gasteiger partial charge in [0, 0.05) is 35.6 Å². The van der Waals surface area contributed by atoms with Gasteiger partial charge in [-0.05, 0) is 126 Å². The van der Waals surface area contributed by atoms with E-state index in [9.17, 15) is 30.0 Å². The van der Waals surface area contributed by atoms with Crippen LogP contribution in [0.1, 0.15) is 81.1 Å². The van der Waals surface area contributed by atoms with E-state index in [0.717, 1.165) is 76.6 Å². The molecule has 6 aromatic rings. The van der Waals surface area contributed by atoms with Gasteiger partial charge in [-0.2, -0.15) is 17.5 Å². The van der Waals surface area contributed by atoms with Crippen LogP contribution in [-0.4, -0.2) is 97.1 Å². The van der Waals surface area contributed by atoms with E-state index in [0.29, 0.717) is 31.8 Å². The molecule has 2 aromatic heterocycles. The van der Waals surface area contributed by atoms with Crippen molar-refractivity contribution in [1.82, 2.24) is 34.5 Å². The summed E-state index contributed by atoms with van der Waals surface area (Å²) in [7, 11) is -2.28. The summed E-state index contributed by atoms with van der Waals surface area (Å²) in [5, 5.41) is 3.57. The molecule has 64 heavy (non-hydrogen) atoms. The summed E-state index contributed by atoms with van der Waals surface area (Å²) in [6, 6.07) is 25.9. The Morgan fingerprint density at radius 1 is 0.672 bits per heavy atom. The van der Waals surface area contributed by atoms with Crippen molar-refractivity contribution in [2.24, 2.45) is 0 Å². The fourth-order valence-corrected chi connectivity index (χ4v) is 9.37. The minimum Gasteiger partial charge on any atom is -0.342 e. The Hall–Kier alpha value is -3.74. The van der Waals surface area contributed by atoms with E-state index in [-0.39, 0.29) is 21.0 Å². The number of piperidine rings is 2. The molecule has 0 bridgehead atoms. The number of benzene rings is 4. The molecule has 0 spiro atoms. The lowest BCUT2D eigenvalue weighted by atomic mass is 9.97. The molecule has 2 aliphatic rings. The molecule has 350 valence electrons. The Labute approximate surface area is 389 Å². The number of aryl methyl sites for hydroxylation is 1. The number of sulfonamides is 1. The summed E-state index contributed by atoms with van der Waals surface area (Å²) < 4.78 is 86.3. The zero-order valence-corrected chi connectivity index (χ0v) is 40.3. The smallest absolute Gasteiger partial charge is 0.342 e. The van der Waals surface area contributed by atoms with Crippen molar-refractivity contribution in [1.29, 1.82) is 0 Å². The highest BCUT2D eigenvalue weighted by molar-refractivity contribution is 8.13. The lowest BCUT2D eigenvalue weighted by molar-refractivity contribution is -0.137. The molecule has 2 saturated heterocycles. The van der Waals surface area contributed by atoms with Gasteiger partial charge in [0.1, 0.15) is 11.6 Å². The lowest BCUT2D eigenvalue weighted by Gasteiger charge is -2.30. The first kappa shape index (κ1) is 52.9. The van der Waals surface area contributed by atoms with E-state index in [1.807, 2.05) is 43.3 Å². The summed E-state index contributed by atoms with van der Waals surface area (Å²) in [6.45, 7) is 14.8. The van der Waals surface area contributed by atoms with E-state index in [2.05, 4.69) is 63.1 Å². The molecule has 11 nitrogen and oxygen atoms in total. The highest BCUT2D eigenvalue weighted by Gasteiger charge is 2.33. The van der Waals surface area contributed by atoms with Crippen molar-refractivity contribution < 1.29 is 30.0 Å². The number of nitrogens with one attached hydrogen (secondary N) is 3. The van der Waals surface area contributed by atoms with Crippen molar-refractivity contribution in [3.05, 3.63) is 120 Å². The molecule has 2 aliphatic heterocycles. The number of aromatic amines is 2. The summed E-state index contributed by atoms with van der Waals surface area (Å²) in [5.41, 5.74) is 4.20. The number of hydrogen-bond acceptors (Lipinski definition) is 8. The van der Waals surface area contributed by atoms with Crippen molar-refractivity contribution >= 4 is 75.0 Å². The Morgan fingerprint density at radius 2 is 1.09 bits per heavy atom. The van der Waals surface area contributed by atoms with Crippen LogP contribution < -0.4 is 5.32 Å². The van der Waals surface area contributed by atoms with Gasteiger partial charge in [-0.3, -0.25) is 0 Å². The zero-order valence-electron chi connectivity index (χ0n) is 36.4. The summed E-state index contributed by atoms with van der Waals surface area (Å²) in [6.07, 6.45) is -0.910. The van der Waals surface area contributed by atoms with Crippen LogP contribution in [0.25, 0.3) is 22.1 Å². The minimum absolute atomic E-state index is 0.117. The molecular weight excluding hydrogens is 930 g/mol. The third-order valence-electron chi connectivity index (χ3n) is 10.8. The highest BCUT2D eigenvalue weighted by Crippen LogP contribution is 2.33. The second kappa shape index (κ2) is 25.2. The maximum Gasteiger partial charge on any atom is 0.416 e. The van der Waals surface area contributed by atoms with Crippen LogP contribution in [0.5, 0.6) is 0 Å². The van der Waals surface area contributed by atoms with Gasteiger partial charge in [0.05, 0.1) is 42.8 Å². The molecule has 0 amide bonds. The van der Waals surface area contributed by atoms with E-state index in [1.54, 1.807) is 12.1 Å². The van der Waals surface area contributed by atoms with Gasteiger partial charge in [0.25, 0.3) is 9.05 Å². The van der Waals surface area contributed by atoms with Crippen LogP contribution in [-0.2, 0) is 25.3 Å². The molecule has 0 radical (unpaired) electrons. The number of fused-ring (bicyclic) bond motifs is 2. The molecule has 8 rings (SSSR count). The third-order valence-corrected chi connectivity index (χ3v) is 14.1. The second-order valence-corrected chi connectivity index (χ2v) is 20.3. The summed E-state index contributed by atoms with van der Waals surface area (Å²) in [5.74, 6) is 2.73. The van der Waals surface area contributed by atoms with Gasteiger partial charge >= 0.3 is 6.18 Å². The Kier molecular flexibility index (Phi) is 20.9. The van der Waals surface area contributed by atoms with E-state index in [1.165, 1.54) is 48.9 Å². The molecule has 4 aromatic carbocycles. The monoisotopic (exact) mass is 985 g/mol. The predicted molar refractivity (Wildman–Crippen MR) is 253 cm³/mol. The predicted octanol–water partition coefficient (Wildman–Crippen LogP) is 10.9. The maximum absolute atomic E-state index is 12.8. The van der Waals surface area contributed by atoms with Gasteiger partial charge < -0.3 is 20.2 Å². The Morgan fingerprint density at radius 3 is 1.48 bits per heavy atom. The van der Waals surface area contributed by atoms with E-state index >= 15 is 0 Å². The van der Waals surface area contributed by atoms with Crippen LogP contribution in [0.15, 0.2) is 107 Å². The lowest BCUT2D eigenvalue weighted by Crippen LogP contribution is -2.38. The first-order valence-electron chi connectivity index (χ1n) is 21.1. The normalized spacial score (nSPS) is 15.2. The minimum atomic E-state index is -4.49. The number of nitrogens with zero attached hydrogens (tertiary/aromatic N) is 4. The SMILES string of the molecule is CCN(CC)CC.Cc1ccc(S(=O)(=O)Cl)cc1.ClCCl.O=S(=O)(c1ccc(C(F)(F)F)cc1)N1CCC(c2nc3ccccc3[nH]2)CC1.c1ccc2[nH]c(C3CCNCC3)nc2c1. The number of para-hydroxylation sites is 4. The zero-order chi connectivity index (χ0) is 46.9. The molecule has 3 N–H and O–H groups in total. The first-order valence-corrected chi connectivity index (χ1v) is 25.9. The number of alkyl halides is 5. The molecular formula is C45H57Cl3F3N7O4S2. The largest absolute Gasteiger partial charge is 0.416 e. The van der Waals surface area contributed by atoms with Gasteiger partial charge in [0.2, 0.25) is 10.0 Å². The van der Waals surface area contributed by atoms with Crippen LogP contribution in [0.2, 0.25) is 0 Å². The van der Waals surface area contributed by atoms with Gasteiger partial charge in [-0.1, -0.05) is 62.7 Å². The van der Waals surface area contributed by atoms with Crippen molar-refractivity contribution in [3.63, 3.8) is 0 Å². The summed E-state index contributed by atoms with van der Waals surface area (Å²) >= 11 is 9.53. The van der Waals surface area contributed by atoms with Crippen molar-refractivity contribution in [2.45, 2.75) is 81.2 Å². The number of aromatic nitrogens is 4. The van der Waals surface area contributed by atoms with Gasteiger partial charge in [0.15, 0.2) is 0 Å². The van der Waals surface area contributed by atoms with Crippen LogP contribution >= 0.6 is 33.9 Å². The molecule has 19 heteroatoms. The molecule has 0 atom stereocenters. The third kappa shape index (κ3) is 15.7. The number of hydrogen-bond donors (Lipinski definition) is 3. The molecule has 4 heterocycles. The Bertz CT molecular complexity index is 2450. The second-order valence-electron chi connectivity index (χ2n) is 15.0.